The molecule has 0 saturated heterocycles. The molecule has 1 rings (SSSR count). The molecule has 0 radical (unpaired) electrons. The summed E-state index contributed by atoms with van der Waals surface area (Å²) in [5.74, 6) is -0.530. The van der Waals surface area contributed by atoms with E-state index in [0.717, 1.165) is 5.75 Å². The van der Waals surface area contributed by atoms with Crippen molar-refractivity contribution in [3.8, 4) is 5.75 Å². The van der Waals surface area contributed by atoms with Gasteiger partial charge in [-0.15, -0.1) is 0 Å². The van der Waals surface area contributed by atoms with Crippen LogP contribution in [0.2, 0.25) is 0 Å². The summed E-state index contributed by atoms with van der Waals surface area (Å²) in [6.07, 6.45) is 0. The van der Waals surface area contributed by atoms with Crippen molar-refractivity contribution >= 4 is 5.97 Å². The van der Waals surface area contributed by atoms with E-state index in [9.17, 15) is 4.79 Å². The predicted octanol–water partition coefficient (Wildman–Crippen LogP) is 1.80. The van der Waals surface area contributed by atoms with E-state index in [1.54, 1.807) is 6.92 Å². The molecule has 1 aromatic carbocycles. The molecule has 0 aliphatic rings. The van der Waals surface area contributed by atoms with Gasteiger partial charge in [0.1, 0.15) is 12.4 Å². The van der Waals surface area contributed by atoms with E-state index in [1.807, 2.05) is 30.3 Å². The number of aliphatic carboxylic acids is 1. The molecule has 0 heterocycles. The smallest absolute Gasteiger partial charge is 0.308 e. The van der Waals surface area contributed by atoms with Crippen LogP contribution in [0.5, 0.6) is 5.75 Å². The van der Waals surface area contributed by atoms with Crippen LogP contribution in [0, 0.1) is 5.92 Å². The lowest BCUT2D eigenvalue weighted by atomic mass is 10.2. The summed E-state index contributed by atoms with van der Waals surface area (Å²) in [6, 6.07) is 9.42. The summed E-state index contributed by atoms with van der Waals surface area (Å²) in [4.78, 5) is 10.5. The third-order valence-electron chi connectivity index (χ3n) is 2.03. The second-order valence-electron chi connectivity index (χ2n) is 3.48. The number of hydrogen-bond acceptors (Lipinski definition) is 3. The molecule has 1 aromatic rings. The van der Waals surface area contributed by atoms with Crippen molar-refractivity contribution < 1.29 is 19.4 Å². The lowest BCUT2D eigenvalue weighted by Gasteiger charge is -2.08. The molecule has 4 heteroatoms. The minimum Gasteiger partial charge on any atom is -0.491 e. The summed E-state index contributed by atoms with van der Waals surface area (Å²) >= 11 is 0. The van der Waals surface area contributed by atoms with Gasteiger partial charge in [-0.2, -0.15) is 0 Å². The van der Waals surface area contributed by atoms with Crippen LogP contribution in [0.15, 0.2) is 30.3 Å². The highest BCUT2D eigenvalue weighted by Crippen LogP contribution is 2.07. The van der Waals surface area contributed by atoms with Gasteiger partial charge in [0.25, 0.3) is 0 Å². The zero-order chi connectivity index (χ0) is 11.8. The van der Waals surface area contributed by atoms with Crippen molar-refractivity contribution in [2.24, 2.45) is 5.92 Å². The fraction of sp³-hybridized carbons (Fsp3) is 0.417. The molecule has 0 aliphatic carbocycles. The first-order valence-corrected chi connectivity index (χ1v) is 5.18. The molecule has 0 bridgehead atoms. The van der Waals surface area contributed by atoms with Crippen molar-refractivity contribution in [3.63, 3.8) is 0 Å². The van der Waals surface area contributed by atoms with Crippen LogP contribution in [0.1, 0.15) is 6.92 Å². The maximum Gasteiger partial charge on any atom is 0.308 e. The number of carboxylic acids is 1. The fourth-order valence-corrected chi connectivity index (χ4v) is 1.07. The Kier molecular flexibility index (Phi) is 5.36. The molecule has 0 amide bonds. The molecular weight excluding hydrogens is 208 g/mol. The molecule has 0 spiro atoms. The largest absolute Gasteiger partial charge is 0.491 e. The number of para-hydroxylation sites is 1. The Morgan fingerprint density at radius 1 is 1.31 bits per heavy atom. The van der Waals surface area contributed by atoms with Gasteiger partial charge in [-0.1, -0.05) is 18.2 Å². The molecule has 0 aliphatic heterocycles. The molecule has 88 valence electrons. The molecule has 1 unspecified atom stereocenters. The minimum atomic E-state index is -0.844. The van der Waals surface area contributed by atoms with Crippen LogP contribution in [0.3, 0.4) is 0 Å². The first kappa shape index (κ1) is 12.5. The van der Waals surface area contributed by atoms with E-state index in [2.05, 4.69) is 0 Å². The SMILES string of the molecule is CC(COCCOc1ccccc1)C(=O)O. The normalized spacial score (nSPS) is 12.1. The predicted molar refractivity (Wildman–Crippen MR) is 59.6 cm³/mol. The summed E-state index contributed by atoms with van der Waals surface area (Å²) in [6.45, 7) is 2.65. The summed E-state index contributed by atoms with van der Waals surface area (Å²) < 4.78 is 10.5. The molecule has 1 atom stereocenters. The van der Waals surface area contributed by atoms with Gasteiger partial charge in [-0.25, -0.2) is 0 Å². The maximum absolute atomic E-state index is 10.5. The van der Waals surface area contributed by atoms with E-state index in [0.29, 0.717) is 13.2 Å². The fourth-order valence-electron chi connectivity index (χ4n) is 1.07. The lowest BCUT2D eigenvalue weighted by Crippen LogP contribution is -2.18. The zero-order valence-electron chi connectivity index (χ0n) is 9.26. The van der Waals surface area contributed by atoms with Gasteiger partial charge in [0.15, 0.2) is 0 Å². The summed E-state index contributed by atoms with van der Waals surface area (Å²) in [5, 5.41) is 8.61. The van der Waals surface area contributed by atoms with E-state index in [-0.39, 0.29) is 6.61 Å². The average molecular weight is 224 g/mol. The van der Waals surface area contributed by atoms with Gasteiger partial charge in [-0.3, -0.25) is 4.79 Å². The molecule has 0 saturated carbocycles. The third kappa shape index (κ3) is 4.79. The summed E-state index contributed by atoms with van der Waals surface area (Å²) in [5.41, 5.74) is 0. The maximum atomic E-state index is 10.5. The molecule has 16 heavy (non-hydrogen) atoms. The number of carbonyl (C=O) groups is 1. The van der Waals surface area contributed by atoms with Gasteiger partial charge in [0.2, 0.25) is 0 Å². The van der Waals surface area contributed by atoms with Gasteiger partial charge in [0.05, 0.1) is 19.1 Å². The second-order valence-corrected chi connectivity index (χ2v) is 3.48. The highest BCUT2D eigenvalue weighted by Gasteiger charge is 2.09. The quantitative estimate of drug-likeness (QED) is 0.717. The minimum absolute atomic E-state index is 0.216. The van der Waals surface area contributed by atoms with Crippen molar-refractivity contribution in [1.29, 1.82) is 0 Å². The third-order valence-corrected chi connectivity index (χ3v) is 2.03. The van der Waals surface area contributed by atoms with E-state index < -0.39 is 11.9 Å². The van der Waals surface area contributed by atoms with Crippen LogP contribution < -0.4 is 4.74 Å². The van der Waals surface area contributed by atoms with E-state index in [4.69, 9.17) is 14.6 Å². The highest BCUT2D eigenvalue weighted by atomic mass is 16.5. The Morgan fingerprint density at radius 3 is 2.62 bits per heavy atom. The van der Waals surface area contributed by atoms with Crippen molar-refractivity contribution in [1.82, 2.24) is 0 Å². The second kappa shape index (κ2) is 6.85. The van der Waals surface area contributed by atoms with Crippen molar-refractivity contribution in [3.05, 3.63) is 30.3 Å². The first-order chi connectivity index (χ1) is 7.70. The van der Waals surface area contributed by atoms with Crippen molar-refractivity contribution in [2.75, 3.05) is 19.8 Å². The number of hydrogen-bond donors (Lipinski definition) is 1. The van der Waals surface area contributed by atoms with Gasteiger partial charge < -0.3 is 14.6 Å². The molecular formula is C12H16O4. The Bertz CT molecular complexity index is 310. The molecule has 1 N–H and O–H groups in total. The first-order valence-electron chi connectivity index (χ1n) is 5.18. The van der Waals surface area contributed by atoms with Crippen LogP contribution in [0.4, 0.5) is 0 Å². The number of carboxylic acid groups (broad SMARTS) is 1. The standard InChI is InChI=1S/C12H16O4/c1-10(12(13)14)9-15-7-8-16-11-5-3-2-4-6-11/h2-6,10H,7-9H2,1H3,(H,13,14). The number of benzene rings is 1. The Labute approximate surface area is 94.8 Å². The molecule has 0 fully saturated rings. The van der Waals surface area contributed by atoms with Crippen LogP contribution >= 0.6 is 0 Å². The van der Waals surface area contributed by atoms with Gasteiger partial charge in [-0.05, 0) is 19.1 Å². The van der Waals surface area contributed by atoms with Gasteiger partial charge >= 0.3 is 5.97 Å². The van der Waals surface area contributed by atoms with Gasteiger partial charge in [0, 0.05) is 0 Å². The van der Waals surface area contributed by atoms with Crippen LogP contribution in [-0.2, 0) is 9.53 Å². The molecule has 4 nitrogen and oxygen atoms in total. The molecule has 0 aromatic heterocycles. The van der Waals surface area contributed by atoms with Crippen LogP contribution in [-0.4, -0.2) is 30.9 Å². The van der Waals surface area contributed by atoms with Crippen LogP contribution in [0.25, 0.3) is 0 Å². The Morgan fingerprint density at radius 2 is 2.00 bits per heavy atom. The Balaban J connectivity index is 2.07. The number of rotatable bonds is 7. The van der Waals surface area contributed by atoms with Crippen molar-refractivity contribution in [2.45, 2.75) is 6.92 Å². The van der Waals surface area contributed by atoms with E-state index in [1.165, 1.54) is 0 Å². The number of ether oxygens (including phenoxy) is 2. The highest BCUT2D eigenvalue weighted by molar-refractivity contribution is 5.69. The van der Waals surface area contributed by atoms with E-state index >= 15 is 0 Å². The Hall–Kier alpha value is -1.55. The zero-order valence-corrected chi connectivity index (χ0v) is 9.26. The topological polar surface area (TPSA) is 55.8 Å². The summed E-state index contributed by atoms with van der Waals surface area (Å²) in [7, 11) is 0. The monoisotopic (exact) mass is 224 g/mol. The lowest BCUT2D eigenvalue weighted by molar-refractivity contribution is -0.143. The average Bonchev–Trinajstić information content (AvgIpc) is 2.29.